The highest BCUT2D eigenvalue weighted by molar-refractivity contribution is 5.95. The van der Waals surface area contributed by atoms with Crippen molar-refractivity contribution >= 4 is 29.1 Å². The number of ether oxygens (including phenoxy) is 1. The zero-order chi connectivity index (χ0) is 20.7. The molecule has 0 aliphatic carbocycles. The van der Waals surface area contributed by atoms with Gasteiger partial charge in [-0.15, -0.1) is 0 Å². The Morgan fingerprint density at radius 1 is 1.13 bits per heavy atom. The number of carbonyl (C=O) groups excluding carboxylic acids is 1. The third kappa shape index (κ3) is 3.32. The summed E-state index contributed by atoms with van der Waals surface area (Å²) < 4.78 is 5.83. The van der Waals surface area contributed by atoms with Crippen LogP contribution in [0, 0.1) is 0 Å². The molecule has 156 valence electrons. The van der Waals surface area contributed by atoms with Crippen molar-refractivity contribution in [3.8, 4) is 5.75 Å². The zero-order valence-corrected chi connectivity index (χ0v) is 16.6. The maximum absolute atomic E-state index is 12.8. The molecule has 1 unspecified atom stereocenters. The standard InChI is InChI=1S/C22H24N4O4/c27-21(25-6-2-1-3-7-25)15-11-19-20(23-13-15)26(8-9-30-19)16-5-4-14-10-18(22(28)29)24-17(14)12-16/h4-5,11-13,18,24H,1-3,6-10H2,(H,28,29). The maximum Gasteiger partial charge on any atom is 0.326 e. The molecule has 0 radical (unpaired) electrons. The molecule has 1 atom stereocenters. The Balaban J connectivity index is 1.41. The van der Waals surface area contributed by atoms with E-state index in [0.29, 0.717) is 36.7 Å². The summed E-state index contributed by atoms with van der Waals surface area (Å²) in [6.45, 7) is 2.70. The second-order valence-corrected chi connectivity index (χ2v) is 7.98. The molecule has 30 heavy (non-hydrogen) atoms. The number of rotatable bonds is 3. The van der Waals surface area contributed by atoms with Gasteiger partial charge in [0.25, 0.3) is 5.91 Å². The van der Waals surface area contributed by atoms with E-state index >= 15 is 0 Å². The number of piperidine rings is 1. The maximum atomic E-state index is 12.8. The molecule has 5 rings (SSSR count). The highest BCUT2D eigenvalue weighted by Gasteiger charge is 2.29. The minimum atomic E-state index is -0.850. The Labute approximate surface area is 174 Å². The van der Waals surface area contributed by atoms with Gasteiger partial charge in [0, 0.05) is 37.1 Å². The second kappa shape index (κ2) is 7.51. The van der Waals surface area contributed by atoms with Gasteiger partial charge in [-0.2, -0.15) is 0 Å². The number of amides is 1. The third-order valence-electron chi connectivity index (χ3n) is 6.01. The van der Waals surface area contributed by atoms with Gasteiger partial charge in [-0.05, 0) is 43.0 Å². The summed E-state index contributed by atoms with van der Waals surface area (Å²) in [4.78, 5) is 32.6. The van der Waals surface area contributed by atoms with Crippen LogP contribution in [0.5, 0.6) is 5.75 Å². The van der Waals surface area contributed by atoms with Crippen LogP contribution in [0.15, 0.2) is 30.5 Å². The molecule has 2 aromatic rings. The Kier molecular flexibility index (Phi) is 4.69. The van der Waals surface area contributed by atoms with Crippen molar-refractivity contribution in [2.45, 2.75) is 31.7 Å². The summed E-state index contributed by atoms with van der Waals surface area (Å²) in [6, 6.07) is 7.10. The van der Waals surface area contributed by atoms with Crippen LogP contribution in [0.25, 0.3) is 0 Å². The van der Waals surface area contributed by atoms with E-state index in [1.165, 1.54) is 6.42 Å². The molecular formula is C22H24N4O4. The van der Waals surface area contributed by atoms with Gasteiger partial charge in [-0.3, -0.25) is 4.79 Å². The van der Waals surface area contributed by atoms with E-state index in [-0.39, 0.29) is 5.91 Å². The number of nitrogens with one attached hydrogen (secondary N) is 1. The molecule has 2 N–H and O–H groups in total. The minimum Gasteiger partial charge on any atom is -0.488 e. The molecule has 0 spiro atoms. The predicted molar refractivity (Wildman–Crippen MR) is 112 cm³/mol. The third-order valence-corrected chi connectivity index (χ3v) is 6.01. The highest BCUT2D eigenvalue weighted by Crippen LogP contribution is 2.38. The molecule has 1 aromatic heterocycles. The number of carboxylic acids is 1. The second-order valence-electron chi connectivity index (χ2n) is 7.98. The van der Waals surface area contributed by atoms with Gasteiger partial charge in [0.1, 0.15) is 12.6 Å². The molecular weight excluding hydrogens is 384 g/mol. The number of fused-ring (bicyclic) bond motifs is 2. The van der Waals surface area contributed by atoms with Crippen molar-refractivity contribution in [3.05, 3.63) is 41.6 Å². The van der Waals surface area contributed by atoms with Crippen LogP contribution in [0.2, 0.25) is 0 Å². The topological polar surface area (TPSA) is 95.0 Å². The van der Waals surface area contributed by atoms with Crippen LogP contribution in [0.4, 0.5) is 17.2 Å². The molecule has 1 saturated heterocycles. The number of hydrogen-bond donors (Lipinski definition) is 2. The fourth-order valence-electron chi connectivity index (χ4n) is 4.40. The normalized spacial score (nSPS) is 20.1. The van der Waals surface area contributed by atoms with E-state index in [2.05, 4.69) is 10.3 Å². The van der Waals surface area contributed by atoms with E-state index in [9.17, 15) is 14.7 Å². The van der Waals surface area contributed by atoms with Gasteiger partial charge in [-0.1, -0.05) is 6.07 Å². The number of carboxylic acid groups (broad SMARTS) is 1. The number of aromatic nitrogens is 1. The average Bonchev–Trinajstić information content (AvgIpc) is 3.22. The fourth-order valence-corrected chi connectivity index (χ4v) is 4.40. The van der Waals surface area contributed by atoms with Crippen molar-refractivity contribution in [3.63, 3.8) is 0 Å². The molecule has 1 amide bonds. The number of hydrogen-bond acceptors (Lipinski definition) is 6. The lowest BCUT2D eigenvalue weighted by Gasteiger charge is -2.31. The van der Waals surface area contributed by atoms with Gasteiger partial charge >= 0.3 is 5.97 Å². The van der Waals surface area contributed by atoms with Crippen LogP contribution in [0.3, 0.4) is 0 Å². The zero-order valence-electron chi connectivity index (χ0n) is 16.6. The van der Waals surface area contributed by atoms with E-state index in [4.69, 9.17) is 4.74 Å². The highest BCUT2D eigenvalue weighted by atomic mass is 16.5. The summed E-state index contributed by atoms with van der Waals surface area (Å²) in [7, 11) is 0. The Hall–Kier alpha value is -3.29. The number of anilines is 3. The smallest absolute Gasteiger partial charge is 0.326 e. The first kappa shape index (κ1) is 18.7. The SMILES string of the molecule is O=C(O)C1Cc2ccc(N3CCOc4cc(C(=O)N5CCCCC5)cnc43)cc2N1. The summed E-state index contributed by atoms with van der Waals surface area (Å²) in [5.41, 5.74) is 3.30. The van der Waals surface area contributed by atoms with Gasteiger partial charge in [0.2, 0.25) is 0 Å². The van der Waals surface area contributed by atoms with Crippen LogP contribution < -0.4 is 15.0 Å². The number of likely N-dealkylation sites (tertiary alicyclic amines) is 1. The lowest BCUT2D eigenvalue weighted by atomic mass is 10.1. The van der Waals surface area contributed by atoms with E-state index in [1.807, 2.05) is 28.0 Å². The number of carbonyl (C=O) groups is 2. The first-order chi connectivity index (χ1) is 14.6. The molecule has 0 bridgehead atoms. The van der Waals surface area contributed by atoms with Crippen LogP contribution in [-0.2, 0) is 11.2 Å². The van der Waals surface area contributed by atoms with Gasteiger partial charge in [0.05, 0.1) is 12.1 Å². The van der Waals surface area contributed by atoms with Crippen molar-refractivity contribution in [1.82, 2.24) is 9.88 Å². The van der Waals surface area contributed by atoms with Gasteiger partial charge in [0.15, 0.2) is 11.6 Å². The Morgan fingerprint density at radius 3 is 2.77 bits per heavy atom. The van der Waals surface area contributed by atoms with Crippen molar-refractivity contribution < 1.29 is 19.4 Å². The molecule has 3 aliphatic rings. The lowest BCUT2D eigenvalue weighted by Crippen LogP contribution is -2.36. The Bertz CT molecular complexity index is 1000. The summed E-state index contributed by atoms with van der Waals surface area (Å²) in [5.74, 6) is 0.425. The lowest BCUT2D eigenvalue weighted by molar-refractivity contribution is -0.137. The van der Waals surface area contributed by atoms with Crippen molar-refractivity contribution in [2.24, 2.45) is 0 Å². The van der Waals surface area contributed by atoms with Crippen LogP contribution in [0.1, 0.15) is 35.2 Å². The number of pyridine rings is 1. The van der Waals surface area contributed by atoms with Crippen molar-refractivity contribution in [1.29, 1.82) is 0 Å². The molecule has 1 fully saturated rings. The van der Waals surface area contributed by atoms with Crippen LogP contribution >= 0.6 is 0 Å². The largest absolute Gasteiger partial charge is 0.488 e. The monoisotopic (exact) mass is 408 g/mol. The quantitative estimate of drug-likeness (QED) is 0.806. The summed E-state index contributed by atoms with van der Waals surface area (Å²) in [5, 5.41) is 12.3. The molecule has 0 saturated carbocycles. The van der Waals surface area contributed by atoms with Gasteiger partial charge in [-0.25, -0.2) is 9.78 Å². The molecule has 1 aromatic carbocycles. The minimum absolute atomic E-state index is 0.00664. The summed E-state index contributed by atoms with van der Waals surface area (Å²) in [6.07, 6.45) is 5.37. The molecule has 8 heteroatoms. The van der Waals surface area contributed by atoms with Crippen molar-refractivity contribution in [2.75, 3.05) is 36.5 Å². The Morgan fingerprint density at radius 2 is 1.97 bits per heavy atom. The number of aliphatic carboxylic acids is 1. The molecule has 8 nitrogen and oxygen atoms in total. The van der Waals surface area contributed by atoms with E-state index < -0.39 is 12.0 Å². The molecule has 4 heterocycles. The molecule has 3 aliphatic heterocycles. The number of nitrogens with zero attached hydrogens (tertiary/aromatic N) is 3. The van der Waals surface area contributed by atoms with Crippen LogP contribution in [-0.4, -0.2) is 59.1 Å². The predicted octanol–water partition coefficient (Wildman–Crippen LogP) is 2.66. The van der Waals surface area contributed by atoms with E-state index in [1.54, 1.807) is 12.3 Å². The first-order valence-electron chi connectivity index (χ1n) is 10.4. The fraction of sp³-hybridized carbons (Fsp3) is 0.409. The van der Waals surface area contributed by atoms with E-state index in [0.717, 1.165) is 42.9 Å². The van der Waals surface area contributed by atoms with Gasteiger partial charge < -0.3 is 25.0 Å². The summed E-state index contributed by atoms with van der Waals surface area (Å²) >= 11 is 0. The first-order valence-corrected chi connectivity index (χ1v) is 10.4. The average molecular weight is 408 g/mol. The number of benzene rings is 1.